The largest absolute Gasteiger partial charge is 0.378 e. The van der Waals surface area contributed by atoms with Crippen LogP contribution in [0.2, 0.25) is 0 Å². The van der Waals surface area contributed by atoms with Gasteiger partial charge in [-0.05, 0) is 49.1 Å². The number of carbonyl (C=O) groups is 2. The lowest BCUT2D eigenvalue weighted by Gasteiger charge is -2.27. The van der Waals surface area contributed by atoms with Crippen LogP contribution in [-0.2, 0) is 9.53 Å². The summed E-state index contributed by atoms with van der Waals surface area (Å²) in [7, 11) is 0. The van der Waals surface area contributed by atoms with Crippen molar-refractivity contribution in [2.45, 2.75) is 32.1 Å². The van der Waals surface area contributed by atoms with Crippen molar-refractivity contribution in [3.05, 3.63) is 29.8 Å². The first-order chi connectivity index (χ1) is 12.2. The van der Waals surface area contributed by atoms with E-state index in [4.69, 9.17) is 4.74 Å². The summed E-state index contributed by atoms with van der Waals surface area (Å²) in [4.78, 5) is 27.1. The van der Waals surface area contributed by atoms with Gasteiger partial charge >= 0.3 is 0 Å². The van der Waals surface area contributed by atoms with Crippen molar-refractivity contribution in [2.75, 3.05) is 31.6 Å². The maximum atomic E-state index is 12.8. The van der Waals surface area contributed by atoms with Crippen molar-refractivity contribution < 1.29 is 14.3 Å². The molecule has 1 N–H and O–H groups in total. The average molecular weight is 342 g/mol. The van der Waals surface area contributed by atoms with Crippen LogP contribution in [0.4, 0.5) is 5.69 Å². The van der Waals surface area contributed by atoms with Crippen LogP contribution in [0.1, 0.15) is 42.5 Å². The standard InChI is InChI=1S/C20H26N2O3/c23-19(13-16-12-14-5-6-15(16)11-14)21-18-4-2-1-3-17(18)20(24)22-7-9-25-10-8-22/h1-4,14-16H,5-13H2,(H,21,23). The summed E-state index contributed by atoms with van der Waals surface area (Å²) >= 11 is 0. The number of nitrogens with zero attached hydrogens (tertiary/aromatic N) is 1. The van der Waals surface area contributed by atoms with Crippen LogP contribution in [-0.4, -0.2) is 43.0 Å². The van der Waals surface area contributed by atoms with E-state index in [2.05, 4.69) is 5.32 Å². The van der Waals surface area contributed by atoms with Gasteiger partial charge in [-0.25, -0.2) is 0 Å². The fraction of sp³-hybridized carbons (Fsp3) is 0.600. The van der Waals surface area contributed by atoms with Crippen molar-refractivity contribution in [1.29, 1.82) is 0 Å². The Morgan fingerprint density at radius 2 is 1.92 bits per heavy atom. The molecule has 1 saturated heterocycles. The molecule has 1 aromatic rings. The van der Waals surface area contributed by atoms with E-state index in [0.717, 1.165) is 11.8 Å². The molecule has 3 aliphatic rings. The molecule has 2 amide bonds. The molecule has 4 rings (SSSR count). The molecular formula is C20H26N2O3. The maximum absolute atomic E-state index is 12.8. The molecule has 1 aliphatic heterocycles. The number of rotatable bonds is 4. The fourth-order valence-electron chi connectivity index (χ4n) is 4.78. The van der Waals surface area contributed by atoms with Crippen molar-refractivity contribution in [2.24, 2.45) is 17.8 Å². The molecular weight excluding hydrogens is 316 g/mol. The Kier molecular flexibility index (Phi) is 4.75. The van der Waals surface area contributed by atoms with Crippen LogP contribution in [0, 0.1) is 17.8 Å². The molecule has 2 bridgehead atoms. The molecule has 3 unspecified atom stereocenters. The van der Waals surface area contributed by atoms with E-state index >= 15 is 0 Å². The third-order valence-electron chi connectivity index (χ3n) is 6.06. The highest BCUT2D eigenvalue weighted by Crippen LogP contribution is 2.49. The lowest BCUT2D eigenvalue weighted by Crippen LogP contribution is -2.41. The third-order valence-corrected chi connectivity index (χ3v) is 6.06. The summed E-state index contributed by atoms with van der Waals surface area (Å²) in [6, 6.07) is 7.33. The summed E-state index contributed by atoms with van der Waals surface area (Å²) < 4.78 is 5.32. The Morgan fingerprint density at radius 3 is 2.64 bits per heavy atom. The van der Waals surface area contributed by atoms with Crippen molar-refractivity contribution >= 4 is 17.5 Å². The molecule has 25 heavy (non-hydrogen) atoms. The van der Waals surface area contributed by atoms with Crippen LogP contribution in [0.25, 0.3) is 0 Å². The van der Waals surface area contributed by atoms with Crippen LogP contribution < -0.4 is 5.32 Å². The minimum atomic E-state index is -0.0286. The molecule has 5 nitrogen and oxygen atoms in total. The Labute approximate surface area is 148 Å². The summed E-state index contributed by atoms with van der Waals surface area (Å²) in [6.07, 6.45) is 5.73. The number of amides is 2. The minimum absolute atomic E-state index is 0.0286. The third kappa shape index (κ3) is 3.56. The first-order valence-corrected chi connectivity index (χ1v) is 9.46. The number of ether oxygens (including phenoxy) is 1. The van der Waals surface area contributed by atoms with Gasteiger partial charge in [-0.15, -0.1) is 0 Å². The van der Waals surface area contributed by atoms with E-state index < -0.39 is 0 Å². The number of hydrogen-bond acceptors (Lipinski definition) is 3. The van der Waals surface area contributed by atoms with Crippen LogP contribution >= 0.6 is 0 Å². The quantitative estimate of drug-likeness (QED) is 0.915. The Bertz CT molecular complexity index is 654. The normalized spacial score (nSPS) is 28.2. The van der Waals surface area contributed by atoms with Gasteiger partial charge in [0.15, 0.2) is 0 Å². The number of fused-ring (bicyclic) bond motifs is 2. The molecule has 0 radical (unpaired) electrons. The number of para-hydroxylation sites is 1. The van der Waals surface area contributed by atoms with E-state index in [9.17, 15) is 9.59 Å². The van der Waals surface area contributed by atoms with Crippen molar-refractivity contribution in [3.8, 4) is 0 Å². The topological polar surface area (TPSA) is 58.6 Å². The van der Waals surface area contributed by atoms with Crippen LogP contribution in [0.3, 0.4) is 0 Å². The Morgan fingerprint density at radius 1 is 1.12 bits per heavy atom. The lowest BCUT2D eigenvalue weighted by atomic mass is 9.86. The minimum Gasteiger partial charge on any atom is -0.378 e. The average Bonchev–Trinajstić information content (AvgIpc) is 3.25. The van der Waals surface area contributed by atoms with E-state index in [1.165, 1.54) is 25.7 Å². The first-order valence-electron chi connectivity index (χ1n) is 9.46. The highest BCUT2D eigenvalue weighted by Gasteiger charge is 2.40. The van der Waals surface area contributed by atoms with Gasteiger partial charge in [-0.1, -0.05) is 18.6 Å². The van der Waals surface area contributed by atoms with Crippen molar-refractivity contribution in [3.63, 3.8) is 0 Å². The zero-order valence-corrected chi connectivity index (χ0v) is 14.6. The molecule has 1 heterocycles. The first kappa shape index (κ1) is 16.6. The number of nitrogens with one attached hydrogen (secondary N) is 1. The van der Waals surface area contributed by atoms with Gasteiger partial charge < -0.3 is 15.0 Å². The van der Waals surface area contributed by atoms with Gasteiger partial charge in [0.1, 0.15) is 0 Å². The van der Waals surface area contributed by atoms with Crippen LogP contribution in [0.5, 0.6) is 0 Å². The molecule has 2 aliphatic carbocycles. The monoisotopic (exact) mass is 342 g/mol. The zero-order valence-electron chi connectivity index (χ0n) is 14.6. The van der Waals surface area contributed by atoms with Gasteiger partial charge in [0.25, 0.3) is 5.91 Å². The number of hydrogen-bond donors (Lipinski definition) is 1. The predicted molar refractivity (Wildman–Crippen MR) is 95.3 cm³/mol. The number of morpholine rings is 1. The molecule has 2 saturated carbocycles. The summed E-state index contributed by atoms with van der Waals surface area (Å²) in [6.45, 7) is 2.35. The summed E-state index contributed by atoms with van der Waals surface area (Å²) in [5.74, 6) is 2.12. The second-order valence-corrected chi connectivity index (χ2v) is 7.64. The van der Waals surface area contributed by atoms with Crippen LogP contribution in [0.15, 0.2) is 24.3 Å². The number of anilines is 1. The van der Waals surface area contributed by atoms with E-state index in [1.54, 1.807) is 11.0 Å². The fourth-order valence-corrected chi connectivity index (χ4v) is 4.78. The Balaban J connectivity index is 1.41. The maximum Gasteiger partial charge on any atom is 0.256 e. The highest BCUT2D eigenvalue weighted by atomic mass is 16.5. The second-order valence-electron chi connectivity index (χ2n) is 7.64. The molecule has 3 fully saturated rings. The molecule has 1 aromatic carbocycles. The van der Waals surface area contributed by atoms with Gasteiger partial charge in [0, 0.05) is 19.5 Å². The molecule has 0 spiro atoms. The molecule has 3 atom stereocenters. The summed E-state index contributed by atoms with van der Waals surface area (Å²) in [5, 5.41) is 3.00. The Hall–Kier alpha value is -1.88. The second kappa shape index (κ2) is 7.16. The predicted octanol–water partition coefficient (Wildman–Crippen LogP) is 2.92. The number of carbonyl (C=O) groups excluding carboxylic acids is 2. The highest BCUT2D eigenvalue weighted by molar-refractivity contribution is 6.03. The SMILES string of the molecule is O=C(CC1CC2CCC1C2)Nc1ccccc1C(=O)N1CCOCC1. The van der Waals surface area contributed by atoms with Gasteiger partial charge in [-0.2, -0.15) is 0 Å². The number of benzene rings is 1. The lowest BCUT2D eigenvalue weighted by molar-refractivity contribution is -0.117. The smallest absolute Gasteiger partial charge is 0.256 e. The van der Waals surface area contributed by atoms with Crippen molar-refractivity contribution in [1.82, 2.24) is 4.90 Å². The van der Waals surface area contributed by atoms with E-state index in [-0.39, 0.29) is 11.8 Å². The zero-order chi connectivity index (χ0) is 17.2. The molecule has 5 heteroatoms. The molecule has 134 valence electrons. The van der Waals surface area contributed by atoms with Gasteiger partial charge in [-0.3, -0.25) is 9.59 Å². The van der Waals surface area contributed by atoms with E-state index in [1.807, 2.05) is 18.2 Å². The summed E-state index contributed by atoms with van der Waals surface area (Å²) in [5.41, 5.74) is 1.21. The van der Waals surface area contributed by atoms with E-state index in [0.29, 0.717) is 49.9 Å². The van der Waals surface area contributed by atoms with Gasteiger partial charge in [0.2, 0.25) is 5.91 Å². The molecule has 0 aromatic heterocycles. The van der Waals surface area contributed by atoms with Gasteiger partial charge in [0.05, 0.1) is 24.5 Å².